The van der Waals surface area contributed by atoms with Crippen molar-refractivity contribution in [2.24, 2.45) is 40.9 Å². The second-order valence-corrected chi connectivity index (χ2v) is 19.3. The molecule has 0 aliphatic carbocycles. The standard InChI is InChI=1S/C48H86N12O12/c1-10-27(6)34(56-48(72)42(29(8)12-3)59-45(69)31(16-13-14-20-49)54-47(71)36-17-15-21-60(36)30(9)62)23-39(65)53-32(18-19-37(50)63)44(68)57-35(25-61)46(70)55-33(26(4)5)22-38(64)52-24-40(66)58-41(43(51)67)28(7)11-2/h26-29,31-36,41-42,61H,10-25,49H2,1-9H3,(H2,50,63)(H2,51,67)(H,52,64)(H,53,65)(H,54,71)(H,55,70)(H,56,72)(H,57,68)(H,58,66)(H,59,69)/t27-,28-,29-,31-,32-,33-,34-,35-,36-,41-,42-/m0/s1. The third-order valence-corrected chi connectivity index (χ3v) is 13.4. The van der Waals surface area contributed by atoms with Gasteiger partial charge in [0, 0.05) is 44.8 Å². The number of carbonyl (C=O) groups is 11. The Morgan fingerprint density at radius 2 is 1.17 bits per heavy atom. The van der Waals surface area contributed by atoms with Crippen molar-refractivity contribution in [3.63, 3.8) is 0 Å². The van der Waals surface area contributed by atoms with E-state index in [1.54, 1.807) is 34.6 Å². The largest absolute Gasteiger partial charge is 0.394 e. The highest BCUT2D eigenvalue weighted by Crippen LogP contribution is 2.19. The lowest BCUT2D eigenvalue weighted by atomic mass is 9.93. The quantitative estimate of drug-likeness (QED) is 0.0310. The van der Waals surface area contributed by atoms with E-state index in [0.717, 1.165) is 0 Å². The number of nitrogens with zero attached hydrogens (tertiary/aromatic N) is 1. The van der Waals surface area contributed by atoms with Gasteiger partial charge in [0.25, 0.3) is 0 Å². The van der Waals surface area contributed by atoms with Gasteiger partial charge < -0.3 is 69.7 Å². The molecule has 0 radical (unpaired) electrons. The van der Waals surface area contributed by atoms with E-state index in [4.69, 9.17) is 17.2 Å². The topological polar surface area (TPSA) is 386 Å². The highest BCUT2D eigenvalue weighted by Gasteiger charge is 2.37. The van der Waals surface area contributed by atoms with Crippen molar-refractivity contribution in [3.05, 3.63) is 0 Å². The van der Waals surface area contributed by atoms with E-state index in [0.29, 0.717) is 58.0 Å². The summed E-state index contributed by atoms with van der Waals surface area (Å²) < 4.78 is 0. The molecule has 0 saturated carbocycles. The first-order valence-electron chi connectivity index (χ1n) is 25.4. The summed E-state index contributed by atoms with van der Waals surface area (Å²) in [7, 11) is 0. The zero-order valence-corrected chi connectivity index (χ0v) is 43.9. The second-order valence-electron chi connectivity index (χ2n) is 19.3. The third-order valence-electron chi connectivity index (χ3n) is 13.4. The Balaban J connectivity index is 3.19. The number of nitrogens with two attached hydrogens (primary N) is 3. The Morgan fingerprint density at radius 3 is 1.71 bits per heavy atom. The Morgan fingerprint density at radius 1 is 0.611 bits per heavy atom. The molecular formula is C48H86N12O12. The van der Waals surface area contributed by atoms with E-state index in [1.807, 2.05) is 20.8 Å². The van der Waals surface area contributed by atoms with Gasteiger partial charge in [-0.3, -0.25) is 52.7 Å². The molecular weight excluding hydrogens is 937 g/mol. The van der Waals surface area contributed by atoms with Crippen LogP contribution in [-0.2, 0) is 52.7 Å². The zero-order valence-electron chi connectivity index (χ0n) is 43.9. The lowest BCUT2D eigenvalue weighted by Crippen LogP contribution is -2.59. The molecule has 1 aliphatic rings. The zero-order chi connectivity index (χ0) is 54.8. The van der Waals surface area contributed by atoms with Gasteiger partial charge in [0.05, 0.1) is 13.2 Å². The minimum atomic E-state index is -1.58. The maximum absolute atomic E-state index is 14.1. The van der Waals surface area contributed by atoms with Gasteiger partial charge >= 0.3 is 0 Å². The van der Waals surface area contributed by atoms with Crippen LogP contribution in [0.3, 0.4) is 0 Å². The van der Waals surface area contributed by atoms with Crippen LogP contribution in [0.25, 0.3) is 0 Å². The normalized spacial score (nSPS) is 17.5. The van der Waals surface area contributed by atoms with Gasteiger partial charge in [-0.05, 0) is 68.7 Å². The number of primary amides is 2. The third kappa shape index (κ3) is 22.2. The number of aliphatic hydroxyl groups is 1. The molecule has 0 unspecified atom stereocenters. The van der Waals surface area contributed by atoms with Crippen LogP contribution < -0.4 is 59.7 Å². The molecule has 410 valence electrons. The molecule has 0 aromatic heterocycles. The Kier molecular flexibility index (Phi) is 29.3. The highest BCUT2D eigenvalue weighted by molar-refractivity contribution is 5.96. The Hall–Kier alpha value is -5.91. The van der Waals surface area contributed by atoms with Crippen LogP contribution >= 0.6 is 0 Å². The first kappa shape index (κ1) is 64.1. The van der Waals surface area contributed by atoms with Gasteiger partial charge in [0.1, 0.15) is 36.3 Å². The molecule has 1 saturated heterocycles. The van der Waals surface area contributed by atoms with Crippen molar-refractivity contribution in [1.29, 1.82) is 0 Å². The first-order chi connectivity index (χ1) is 33.8. The fourth-order valence-electron chi connectivity index (χ4n) is 7.97. The molecule has 1 aliphatic heterocycles. The van der Waals surface area contributed by atoms with Crippen molar-refractivity contribution in [2.45, 2.75) is 188 Å². The smallest absolute Gasteiger partial charge is 0.245 e. The summed E-state index contributed by atoms with van der Waals surface area (Å²) in [6, 6.07) is -8.52. The lowest BCUT2D eigenvalue weighted by Gasteiger charge is -2.31. The summed E-state index contributed by atoms with van der Waals surface area (Å²) in [5.74, 6) is -8.61. The number of nitrogens with one attached hydrogen (secondary N) is 8. The van der Waals surface area contributed by atoms with Gasteiger partial charge in [0.15, 0.2) is 0 Å². The molecule has 24 nitrogen and oxygen atoms in total. The van der Waals surface area contributed by atoms with Crippen LogP contribution in [0.4, 0.5) is 0 Å². The van der Waals surface area contributed by atoms with E-state index >= 15 is 0 Å². The molecule has 0 aromatic carbocycles. The van der Waals surface area contributed by atoms with E-state index in [-0.39, 0.29) is 55.8 Å². The highest BCUT2D eigenvalue weighted by atomic mass is 16.3. The summed E-state index contributed by atoms with van der Waals surface area (Å²) in [4.78, 5) is 145. The van der Waals surface area contributed by atoms with Crippen LogP contribution in [0.15, 0.2) is 0 Å². The average molecular weight is 1020 g/mol. The summed E-state index contributed by atoms with van der Waals surface area (Å²) in [6.07, 6.45) is 2.57. The Labute approximate surface area is 424 Å². The van der Waals surface area contributed by atoms with Crippen LogP contribution in [0.1, 0.15) is 139 Å². The number of hydrogen-bond acceptors (Lipinski definition) is 13. The number of hydrogen-bond donors (Lipinski definition) is 12. The predicted molar refractivity (Wildman–Crippen MR) is 267 cm³/mol. The maximum atomic E-state index is 14.1. The monoisotopic (exact) mass is 1020 g/mol. The molecule has 1 heterocycles. The molecule has 11 amide bonds. The van der Waals surface area contributed by atoms with Crippen LogP contribution in [0, 0.1) is 23.7 Å². The van der Waals surface area contributed by atoms with Gasteiger partial charge in [-0.25, -0.2) is 0 Å². The van der Waals surface area contributed by atoms with E-state index in [1.165, 1.54) is 11.8 Å². The number of carbonyl (C=O) groups excluding carboxylic acids is 11. The molecule has 24 heteroatoms. The molecule has 0 spiro atoms. The second kappa shape index (κ2) is 32.9. The SMILES string of the molecule is CC[C@H](C)[C@H](CC(=O)N[C@@H](CCC(N)=O)C(=O)N[C@@H](CO)C(=O)N[C@@H](CC(=O)NCC(=O)N[C@H](C(N)=O)[C@@H](C)CC)C(C)C)NC(=O)[C@@H](NC(=O)[C@H](CCCCN)NC(=O)[C@@H]1CCCN1C(C)=O)[C@@H](C)CC. The maximum Gasteiger partial charge on any atom is 0.245 e. The van der Waals surface area contributed by atoms with E-state index in [2.05, 4.69) is 42.5 Å². The van der Waals surface area contributed by atoms with Crippen molar-refractivity contribution in [1.82, 2.24) is 47.4 Å². The van der Waals surface area contributed by atoms with E-state index in [9.17, 15) is 57.8 Å². The first-order valence-corrected chi connectivity index (χ1v) is 25.4. The van der Waals surface area contributed by atoms with E-state index < -0.39 is 126 Å². The number of unbranched alkanes of at least 4 members (excludes halogenated alkanes) is 1. The van der Waals surface area contributed by atoms with Crippen LogP contribution in [-0.4, -0.2) is 150 Å². The average Bonchev–Trinajstić information content (AvgIpc) is 3.84. The van der Waals surface area contributed by atoms with Crippen molar-refractivity contribution in [3.8, 4) is 0 Å². The van der Waals surface area contributed by atoms with Crippen molar-refractivity contribution < 1.29 is 57.8 Å². The fourth-order valence-corrected chi connectivity index (χ4v) is 7.97. The minimum absolute atomic E-state index is 0.224. The summed E-state index contributed by atoms with van der Waals surface area (Å²) in [5, 5.41) is 31.3. The van der Waals surface area contributed by atoms with Gasteiger partial charge in [-0.15, -0.1) is 0 Å². The lowest BCUT2D eigenvalue weighted by molar-refractivity contribution is -0.138. The van der Waals surface area contributed by atoms with Gasteiger partial charge in [0.2, 0.25) is 65.0 Å². The van der Waals surface area contributed by atoms with Crippen LogP contribution in [0.2, 0.25) is 0 Å². The molecule has 1 fully saturated rings. The minimum Gasteiger partial charge on any atom is -0.394 e. The molecule has 0 aromatic rings. The molecule has 0 bridgehead atoms. The predicted octanol–water partition coefficient (Wildman–Crippen LogP) is -2.05. The fraction of sp³-hybridized carbons (Fsp3) is 0.771. The number of aliphatic hydroxyl groups excluding tert-OH is 1. The summed E-state index contributed by atoms with van der Waals surface area (Å²) in [6.45, 7) is 15.0. The number of amides is 11. The van der Waals surface area contributed by atoms with Gasteiger partial charge in [-0.1, -0.05) is 74.7 Å². The number of likely N-dealkylation sites (tertiary alicyclic amines) is 1. The molecule has 15 N–H and O–H groups in total. The Bertz CT molecular complexity index is 1850. The van der Waals surface area contributed by atoms with Gasteiger partial charge in [-0.2, -0.15) is 0 Å². The molecule has 11 atom stereocenters. The van der Waals surface area contributed by atoms with Crippen molar-refractivity contribution in [2.75, 3.05) is 26.2 Å². The van der Waals surface area contributed by atoms with Crippen LogP contribution in [0.5, 0.6) is 0 Å². The molecule has 72 heavy (non-hydrogen) atoms. The van der Waals surface area contributed by atoms with Crippen molar-refractivity contribution >= 4 is 65.0 Å². The summed E-state index contributed by atoms with van der Waals surface area (Å²) >= 11 is 0. The molecule has 1 rings (SSSR count). The summed E-state index contributed by atoms with van der Waals surface area (Å²) in [5.41, 5.74) is 16.5. The number of rotatable bonds is 34.